The lowest BCUT2D eigenvalue weighted by molar-refractivity contribution is -0.139. The number of hydrogen-bond acceptors (Lipinski definition) is 2. The van der Waals surface area contributed by atoms with Gasteiger partial charge in [0.05, 0.1) is 13.2 Å². The highest BCUT2D eigenvalue weighted by Gasteiger charge is 2.25. The molecule has 0 saturated carbocycles. The molecule has 0 aromatic heterocycles. The summed E-state index contributed by atoms with van der Waals surface area (Å²) < 4.78 is 19.4. The first-order valence-electron chi connectivity index (χ1n) is 7.92. The fraction of sp³-hybridized carbons (Fsp3) is 0.316. The number of ether oxygens (including phenoxy) is 1. The van der Waals surface area contributed by atoms with Gasteiger partial charge in [-0.05, 0) is 23.6 Å². The van der Waals surface area contributed by atoms with Gasteiger partial charge in [0, 0.05) is 13.0 Å². The molecule has 1 amide bonds. The van der Waals surface area contributed by atoms with Gasteiger partial charge in [0.2, 0.25) is 5.91 Å². The topological polar surface area (TPSA) is 29.5 Å². The molecule has 4 heteroatoms. The largest absolute Gasteiger partial charge is 0.370 e. The van der Waals surface area contributed by atoms with Crippen LogP contribution in [0.15, 0.2) is 54.6 Å². The number of morpholine rings is 1. The fourth-order valence-corrected chi connectivity index (χ4v) is 2.85. The summed E-state index contributed by atoms with van der Waals surface area (Å²) in [6.45, 7) is 1.69. The molecule has 1 aliphatic heterocycles. The third-order valence-corrected chi connectivity index (χ3v) is 4.16. The molecule has 2 aromatic carbocycles. The molecule has 0 spiro atoms. The van der Waals surface area contributed by atoms with Crippen molar-refractivity contribution in [1.82, 2.24) is 4.90 Å². The summed E-state index contributed by atoms with van der Waals surface area (Å²) in [6, 6.07) is 16.5. The number of benzene rings is 2. The Morgan fingerprint density at radius 2 is 1.87 bits per heavy atom. The molecule has 0 N–H and O–H groups in total. The van der Waals surface area contributed by atoms with Gasteiger partial charge >= 0.3 is 0 Å². The Balaban J connectivity index is 1.58. The zero-order valence-electron chi connectivity index (χ0n) is 13.0. The summed E-state index contributed by atoms with van der Waals surface area (Å²) in [5.41, 5.74) is 1.67. The van der Waals surface area contributed by atoms with Crippen molar-refractivity contribution in [3.05, 3.63) is 71.5 Å². The van der Waals surface area contributed by atoms with Crippen LogP contribution in [-0.4, -0.2) is 30.5 Å². The van der Waals surface area contributed by atoms with Crippen molar-refractivity contribution in [3.8, 4) is 0 Å². The molecule has 23 heavy (non-hydrogen) atoms. The van der Waals surface area contributed by atoms with E-state index in [1.807, 2.05) is 35.2 Å². The first-order valence-corrected chi connectivity index (χ1v) is 7.92. The average molecular weight is 313 g/mol. The van der Waals surface area contributed by atoms with Gasteiger partial charge in [-0.1, -0.05) is 48.5 Å². The van der Waals surface area contributed by atoms with Crippen molar-refractivity contribution >= 4 is 5.91 Å². The van der Waals surface area contributed by atoms with Crippen LogP contribution in [0.1, 0.15) is 23.7 Å². The number of amides is 1. The Hall–Kier alpha value is -2.20. The van der Waals surface area contributed by atoms with E-state index < -0.39 is 0 Å². The SMILES string of the molecule is O=C(CCc1ccccc1F)N1CCOC(c2ccccc2)C1. The van der Waals surface area contributed by atoms with E-state index in [0.29, 0.717) is 38.1 Å². The highest BCUT2D eigenvalue weighted by Crippen LogP contribution is 2.22. The molecule has 3 rings (SSSR count). The number of hydrogen-bond donors (Lipinski definition) is 0. The van der Waals surface area contributed by atoms with Crippen molar-refractivity contribution in [2.24, 2.45) is 0 Å². The summed E-state index contributed by atoms with van der Waals surface area (Å²) in [4.78, 5) is 14.2. The monoisotopic (exact) mass is 313 g/mol. The molecular formula is C19H20FNO2. The van der Waals surface area contributed by atoms with Crippen molar-refractivity contribution < 1.29 is 13.9 Å². The minimum Gasteiger partial charge on any atom is -0.370 e. The van der Waals surface area contributed by atoms with E-state index in [1.54, 1.807) is 18.2 Å². The van der Waals surface area contributed by atoms with Crippen molar-refractivity contribution in [1.29, 1.82) is 0 Å². The lowest BCUT2D eigenvalue weighted by Crippen LogP contribution is -2.42. The fourth-order valence-electron chi connectivity index (χ4n) is 2.85. The number of nitrogens with zero attached hydrogens (tertiary/aromatic N) is 1. The second-order valence-electron chi connectivity index (χ2n) is 5.70. The van der Waals surface area contributed by atoms with Gasteiger partial charge in [0.25, 0.3) is 0 Å². The van der Waals surface area contributed by atoms with Crippen LogP contribution in [0.4, 0.5) is 4.39 Å². The maximum Gasteiger partial charge on any atom is 0.223 e. The van der Waals surface area contributed by atoms with Crippen LogP contribution >= 0.6 is 0 Å². The lowest BCUT2D eigenvalue weighted by Gasteiger charge is -2.33. The highest BCUT2D eigenvalue weighted by atomic mass is 19.1. The highest BCUT2D eigenvalue weighted by molar-refractivity contribution is 5.76. The molecule has 1 heterocycles. The van der Waals surface area contributed by atoms with Gasteiger partial charge in [-0.2, -0.15) is 0 Å². The van der Waals surface area contributed by atoms with Crippen LogP contribution in [0, 0.1) is 5.82 Å². The van der Waals surface area contributed by atoms with Crippen molar-refractivity contribution in [2.75, 3.05) is 19.7 Å². The summed E-state index contributed by atoms with van der Waals surface area (Å²) in [5, 5.41) is 0. The molecule has 1 unspecified atom stereocenters. The quantitative estimate of drug-likeness (QED) is 0.866. The van der Waals surface area contributed by atoms with Gasteiger partial charge < -0.3 is 9.64 Å². The standard InChI is InChI=1S/C19H20FNO2/c20-17-9-5-4-6-15(17)10-11-19(22)21-12-13-23-18(14-21)16-7-2-1-3-8-16/h1-9,18H,10-14H2. The molecule has 1 atom stereocenters. The summed E-state index contributed by atoms with van der Waals surface area (Å²) >= 11 is 0. The summed E-state index contributed by atoms with van der Waals surface area (Å²) in [7, 11) is 0. The predicted molar refractivity (Wildman–Crippen MR) is 86.4 cm³/mol. The van der Waals surface area contributed by atoms with Gasteiger partial charge in [-0.15, -0.1) is 0 Å². The Kier molecular flexibility index (Phi) is 5.03. The summed E-state index contributed by atoms with van der Waals surface area (Å²) in [5.74, 6) is -0.193. The maximum absolute atomic E-state index is 13.6. The Morgan fingerprint density at radius 3 is 2.65 bits per heavy atom. The van der Waals surface area contributed by atoms with Crippen molar-refractivity contribution in [3.63, 3.8) is 0 Å². The Bertz CT molecular complexity index is 659. The average Bonchev–Trinajstić information content (AvgIpc) is 2.62. The van der Waals surface area contributed by atoms with Crippen LogP contribution in [0.5, 0.6) is 0 Å². The number of rotatable bonds is 4. The molecular weight excluding hydrogens is 293 g/mol. The molecule has 0 aliphatic carbocycles. The summed E-state index contributed by atoms with van der Waals surface area (Å²) in [6.07, 6.45) is 0.670. The predicted octanol–water partition coefficient (Wildman–Crippen LogP) is 3.36. The number of carbonyl (C=O) groups excluding carboxylic acids is 1. The van der Waals surface area contributed by atoms with E-state index >= 15 is 0 Å². The van der Waals surface area contributed by atoms with E-state index in [0.717, 1.165) is 5.56 Å². The molecule has 1 aliphatic rings. The van der Waals surface area contributed by atoms with E-state index in [2.05, 4.69) is 0 Å². The number of aryl methyl sites for hydroxylation is 1. The first kappa shape index (κ1) is 15.7. The maximum atomic E-state index is 13.6. The smallest absolute Gasteiger partial charge is 0.223 e. The Labute approximate surface area is 135 Å². The molecule has 120 valence electrons. The van der Waals surface area contributed by atoms with Gasteiger partial charge in [0.1, 0.15) is 11.9 Å². The van der Waals surface area contributed by atoms with Crippen LogP contribution in [0.2, 0.25) is 0 Å². The van der Waals surface area contributed by atoms with Crippen LogP contribution < -0.4 is 0 Å². The number of carbonyl (C=O) groups is 1. The third-order valence-electron chi connectivity index (χ3n) is 4.16. The third kappa shape index (κ3) is 3.96. The van der Waals surface area contributed by atoms with Gasteiger partial charge in [-0.25, -0.2) is 4.39 Å². The van der Waals surface area contributed by atoms with E-state index in [4.69, 9.17) is 4.74 Å². The molecule has 2 aromatic rings. The molecule has 0 bridgehead atoms. The molecule has 1 fully saturated rings. The first-order chi connectivity index (χ1) is 11.2. The second-order valence-corrected chi connectivity index (χ2v) is 5.70. The minimum absolute atomic E-state index is 0.0532. The normalized spacial score (nSPS) is 18.0. The van der Waals surface area contributed by atoms with Gasteiger partial charge in [-0.3, -0.25) is 4.79 Å². The zero-order chi connectivity index (χ0) is 16.1. The molecule has 0 radical (unpaired) electrons. The van der Waals surface area contributed by atoms with Crippen molar-refractivity contribution in [2.45, 2.75) is 18.9 Å². The van der Waals surface area contributed by atoms with Gasteiger partial charge in [0.15, 0.2) is 0 Å². The lowest BCUT2D eigenvalue weighted by atomic mass is 10.1. The number of halogens is 1. The second kappa shape index (κ2) is 7.38. The van der Waals surface area contributed by atoms with E-state index in [-0.39, 0.29) is 17.8 Å². The molecule has 3 nitrogen and oxygen atoms in total. The van der Waals surface area contributed by atoms with Crippen LogP contribution in [0.25, 0.3) is 0 Å². The zero-order valence-corrected chi connectivity index (χ0v) is 13.0. The Morgan fingerprint density at radius 1 is 1.13 bits per heavy atom. The van der Waals surface area contributed by atoms with E-state index in [1.165, 1.54) is 6.07 Å². The van der Waals surface area contributed by atoms with Crippen LogP contribution in [0.3, 0.4) is 0 Å². The van der Waals surface area contributed by atoms with Crippen LogP contribution in [-0.2, 0) is 16.0 Å². The minimum atomic E-state index is -0.246. The van der Waals surface area contributed by atoms with E-state index in [9.17, 15) is 9.18 Å². The molecule has 1 saturated heterocycles.